The molecule has 2 aliphatic rings. The van der Waals surface area contributed by atoms with Crippen molar-refractivity contribution in [3.63, 3.8) is 0 Å². The summed E-state index contributed by atoms with van der Waals surface area (Å²) in [5.74, 6) is 2.53. The van der Waals surface area contributed by atoms with E-state index < -0.39 is 9.84 Å². The molecule has 4 unspecified atom stereocenters. The summed E-state index contributed by atoms with van der Waals surface area (Å²) in [6.45, 7) is 3.77. The average Bonchev–Trinajstić information content (AvgIpc) is 2.33. The van der Waals surface area contributed by atoms with Gasteiger partial charge in [-0.1, -0.05) is 6.92 Å². The minimum Gasteiger partial charge on any atom is -0.393 e. The van der Waals surface area contributed by atoms with Crippen LogP contribution in [0.25, 0.3) is 0 Å². The lowest BCUT2D eigenvalue weighted by atomic mass is 9.80. The van der Waals surface area contributed by atoms with Crippen LogP contribution in [0, 0.1) is 11.8 Å². The summed E-state index contributed by atoms with van der Waals surface area (Å²) in [4.78, 5) is 2.08. The molecule has 1 saturated carbocycles. The third-order valence-corrected chi connectivity index (χ3v) is 7.05. The fourth-order valence-electron chi connectivity index (χ4n) is 3.20. The monoisotopic (exact) mass is 307 g/mol. The van der Waals surface area contributed by atoms with Crippen LogP contribution in [-0.4, -0.2) is 60.8 Å². The van der Waals surface area contributed by atoms with Gasteiger partial charge < -0.3 is 5.11 Å². The van der Waals surface area contributed by atoms with E-state index in [0.29, 0.717) is 11.7 Å². The number of hydrogen-bond acceptors (Lipinski definition) is 5. The molecule has 4 atom stereocenters. The highest BCUT2D eigenvalue weighted by molar-refractivity contribution is 8.00. The Balaban J connectivity index is 2.03. The largest absolute Gasteiger partial charge is 0.393 e. The molecule has 19 heavy (non-hydrogen) atoms. The van der Waals surface area contributed by atoms with Gasteiger partial charge in [0.25, 0.3) is 0 Å². The lowest BCUT2D eigenvalue weighted by Crippen LogP contribution is -2.50. The van der Waals surface area contributed by atoms with E-state index >= 15 is 0 Å². The molecule has 0 amide bonds. The van der Waals surface area contributed by atoms with Gasteiger partial charge in [-0.2, -0.15) is 11.8 Å². The molecular weight excluding hydrogens is 282 g/mol. The summed E-state index contributed by atoms with van der Waals surface area (Å²) in [6, 6.07) is 0. The predicted octanol–water partition coefficient (Wildman–Crippen LogP) is 1.20. The average molecular weight is 307 g/mol. The summed E-state index contributed by atoms with van der Waals surface area (Å²) in [5.41, 5.74) is 0. The van der Waals surface area contributed by atoms with Gasteiger partial charge >= 0.3 is 0 Å². The maximum atomic E-state index is 11.9. The molecule has 1 saturated heterocycles. The van der Waals surface area contributed by atoms with Crippen molar-refractivity contribution < 1.29 is 13.5 Å². The molecule has 4 nitrogen and oxygen atoms in total. The van der Waals surface area contributed by atoms with Gasteiger partial charge in [0.1, 0.15) is 5.37 Å². The van der Waals surface area contributed by atoms with Crippen molar-refractivity contribution >= 4 is 21.6 Å². The van der Waals surface area contributed by atoms with Crippen LogP contribution < -0.4 is 0 Å². The SMILES string of the molecule is CC1CCC(O)C(CN2CCSCC2S(C)(=O)=O)C1. The van der Waals surface area contributed by atoms with Gasteiger partial charge in [0.15, 0.2) is 9.84 Å². The highest BCUT2D eigenvalue weighted by atomic mass is 32.2. The lowest BCUT2D eigenvalue weighted by molar-refractivity contribution is 0.0298. The molecule has 0 aromatic carbocycles. The van der Waals surface area contributed by atoms with E-state index in [2.05, 4.69) is 11.8 Å². The highest BCUT2D eigenvalue weighted by Gasteiger charge is 2.35. The molecule has 112 valence electrons. The maximum absolute atomic E-state index is 11.9. The van der Waals surface area contributed by atoms with Crippen LogP contribution in [0.5, 0.6) is 0 Å². The molecule has 2 fully saturated rings. The molecule has 0 aromatic rings. The summed E-state index contributed by atoms with van der Waals surface area (Å²) in [7, 11) is -3.03. The van der Waals surface area contributed by atoms with Crippen LogP contribution in [0.3, 0.4) is 0 Å². The van der Waals surface area contributed by atoms with Crippen molar-refractivity contribution in [3.8, 4) is 0 Å². The van der Waals surface area contributed by atoms with E-state index in [9.17, 15) is 13.5 Å². The van der Waals surface area contributed by atoms with Crippen LogP contribution in [0.1, 0.15) is 26.2 Å². The Hall–Kier alpha value is 0.220. The van der Waals surface area contributed by atoms with E-state index in [1.54, 1.807) is 11.8 Å². The topological polar surface area (TPSA) is 57.6 Å². The van der Waals surface area contributed by atoms with E-state index in [4.69, 9.17) is 0 Å². The quantitative estimate of drug-likeness (QED) is 0.849. The van der Waals surface area contributed by atoms with Crippen molar-refractivity contribution in [2.24, 2.45) is 11.8 Å². The van der Waals surface area contributed by atoms with Crippen molar-refractivity contribution in [1.29, 1.82) is 0 Å². The van der Waals surface area contributed by atoms with Crippen molar-refractivity contribution in [2.45, 2.75) is 37.7 Å². The normalized spacial score (nSPS) is 38.3. The molecule has 1 heterocycles. The summed E-state index contributed by atoms with van der Waals surface area (Å²) < 4.78 is 23.7. The maximum Gasteiger partial charge on any atom is 0.164 e. The number of nitrogens with zero attached hydrogens (tertiary/aromatic N) is 1. The van der Waals surface area contributed by atoms with E-state index in [-0.39, 0.29) is 17.4 Å². The lowest BCUT2D eigenvalue weighted by Gasteiger charge is -2.40. The number of rotatable bonds is 3. The molecule has 6 heteroatoms. The van der Waals surface area contributed by atoms with Crippen molar-refractivity contribution in [2.75, 3.05) is 30.9 Å². The van der Waals surface area contributed by atoms with Gasteiger partial charge in [-0.05, 0) is 31.1 Å². The van der Waals surface area contributed by atoms with Gasteiger partial charge in [-0.3, -0.25) is 4.90 Å². The fourth-order valence-corrected chi connectivity index (χ4v) is 6.15. The molecule has 0 bridgehead atoms. The van der Waals surface area contributed by atoms with Crippen LogP contribution in [0.15, 0.2) is 0 Å². The minimum absolute atomic E-state index is 0.232. The third kappa shape index (κ3) is 4.09. The molecule has 1 aliphatic carbocycles. The number of hydrogen-bond donors (Lipinski definition) is 1. The second kappa shape index (κ2) is 6.33. The van der Waals surface area contributed by atoms with Gasteiger partial charge in [0.2, 0.25) is 0 Å². The molecule has 1 aliphatic heterocycles. The second-order valence-corrected chi connectivity index (χ2v) is 9.45. The van der Waals surface area contributed by atoms with Gasteiger partial charge in [0.05, 0.1) is 6.10 Å². The smallest absolute Gasteiger partial charge is 0.164 e. The Morgan fingerprint density at radius 2 is 2.11 bits per heavy atom. The zero-order chi connectivity index (χ0) is 14.0. The Kier molecular flexibility index (Phi) is 5.20. The van der Waals surface area contributed by atoms with Crippen LogP contribution in [-0.2, 0) is 9.84 Å². The zero-order valence-electron chi connectivity index (χ0n) is 11.8. The predicted molar refractivity (Wildman–Crippen MR) is 80.0 cm³/mol. The molecule has 2 rings (SSSR count). The van der Waals surface area contributed by atoms with Crippen LogP contribution in [0.4, 0.5) is 0 Å². The van der Waals surface area contributed by atoms with Crippen molar-refractivity contribution in [1.82, 2.24) is 4.90 Å². The Morgan fingerprint density at radius 1 is 1.37 bits per heavy atom. The summed E-state index contributed by atoms with van der Waals surface area (Å²) in [6.07, 6.45) is 4.03. The fraction of sp³-hybridized carbons (Fsp3) is 1.00. The van der Waals surface area contributed by atoms with Crippen LogP contribution >= 0.6 is 11.8 Å². The molecule has 0 aromatic heterocycles. The van der Waals surface area contributed by atoms with E-state index in [1.807, 2.05) is 0 Å². The van der Waals surface area contributed by atoms with Crippen LogP contribution in [0.2, 0.25) is 0 Å². The summed E-state index contributed by atoms with van der Waals surface area (Å²) in [5, 5.41) is 9.76. The molecule has 0 radical (unpaired) electrons. The standard InChI is InChI=1S/C13H25NO3S2/c1-10-3-4-12(15)11(7-10)8-14-5-6-18-9-13(14)19(2,16)17/h10-13,15H,3-9H2,1-2H3. The third-order valence-electron chi connectivity index (χ3n) is 4.36. The minimum atomic E-state index is -3.03. The first-order valence-corrected chi connectivity index (χ1v) is 10.2. The first-order chi connectivity index (χ1) is 8.88. The number of aliphatic hydroxyl groups is 1. The second-order valence-electron chi connectivity index (χ2n) is 6.10. The van der Waals surface area contributed by atoms with Gasteiger partial charge in [-0.25, -0.2) is 8.42 Å². The highest BCUT2D eigenvalue weighted by Crippen LogP contribution is 2.31. The Labute approximate surface area is 120 Å². The van der Waals surface area contributed by atoms with E-state index in [1.165, 1.54) is 6.26 Å². The number of sulfone groups is 1. The number of thioether (sulfide) groups is 1. The Bertz CT molecular complexity index is 399. The number of aliphatic hydroxyl groups excluding tert-OH is 1. The van der Waals surface area contributed by atoms with Crippen molar-refractivity contribution in [3.05, 3.63) is 0 Å². The van der Waals surface area contributed by atoms with Gasteiger partial charge in [-0.15, -0.1) is 0 Å². The zero-order valence-corrected chi connectivity index (χ0v) is 13.4. The first-order valence-electron chi connectivity index (χ1n) is 7.06. The van der Waals surface area contributed by atoms with E-state index in [0.717, 1.165) is 38.1 Å². The molecule has 0 spiro atoms. The van der Waals surface area contributed by atoms with Gasteiger partial charge in [0, 0.05) is 30.9 Å². The molecule has 1 N–H and O–H groups in total. The Morgan fingerprint density at radius 3 is 2.79 bits per heavy atom. The summed E-state index contributed by atoms with van der Waals surface area (Å²) >= 11 is 1.71. The molecular formula is C13H25NO3S2. The first kappa shape index (κ1) is 15.6.